The van der Waals surface area contributed by atoms with Gasteiger partial charge in [0.25, 0.3) is 0 Å². The van der Waals surface area contributed by atoms with Gasteiger partial charge in [0.1, 0.15) is 59.8 Å². The van der Waals surface area contributed by atoms with E-state index in [4.69, 9.17) is 24.0 Å². The fraction of sp³-hybridized carbons (Fsp3) is 0.677. The van der Waals surface area contributed by atoms with Crippen molar-refractivity contribution in [3.8, 4) is 5.75 Å². The summed E-state index contributed by atoms with van der Waals surface area (Å²) in [6.07, 6.45) is -1.13. The Morgan fingerprint density at radius 3 is 2.49 bits per heavy atom. The quantitative estimate of drug-likeness (QED) is 0.159. The molecule has 1 aromatic heterocycles. The molecule has 1 aromatic carbocycles. The van der Waals surface area contributed by atoms with Gasteiger partial charge in [-0.25, -0.2) is 9.78 Å². The van der Waals surface area contributed by atoms with Gasteiger partial charge in [0.15, 0.2) is 5.43 Å². The average molecular weight is 606 g/mol. The monoisotopic (exact) mass is 605 g/mol. The molecule has 7 atom stereocenters. The number of rotatable bonds is 11. The number of nitrogens with one attached hydrogen (secondary N) is 1. The lowest BCUT2D eigenvalue weighted by Crippen LogP contribution is -2.52. The summed E-state index contributed by atoms with van der Waals surface area (Å²) < 4.78 is 12.4. The first kappa shape index (κ1) is 31.8. The molecule has 2 aliphatic heterocycles. The molecule has 6 N–H and O–H groups in total. The van der Waals surface area contributed by atoms with Gasteiger partial charge < -0.3 is 40.0 Å². The molecule has 1 saturated heterocycles. The average Bonchev–Trinajstić information content (AvgIpc) is 3.28. The highest BCUT2D eigenvalue weighted by Gasteiger charge is 2.52. The van der Waals surface area contributed by atoms with Crippen molar-refractivity contribution in [2.24, 2.45) is 11.3 Å². The van der Waals surface area contributed by atoms with E-state index in [1.165, 1.54) is 6.07 Å². The lowest BCUT2D eigenvalue weighted by Gasteiger charge is -2.43. The lowest BCUT2D eigenvalue weighted by atomic mass is 9.65. The fourth-order valence-corrected chi connectivity index (χ4v) is 6.97. The topological polar surface area (TPSA) is 188 Å². The summed E-state index contributed by atoms with van der Waals surface area (Å²) in [6.45, 7) is 2.87. The highest BCUT2D eigenvalue weighted by atomic mass is 17.2. The predicted octanol–water partition coefficient (Wildman–Crippen LogP) is 1.02. The summed E-state index contributed by atoms with van der Waals surface area (Å²) in [5, 5.41) is 52.5. The summed E-state index contributed by atoms with van der Waals surface area (Å²) in [7, 11) is 0. The standard InChI is InChI=1S/C31H43NO11/c1-17-10-21(34)20-11-18-12-26(43-40-16-23(36)28(38)27(37)22(35)15-33)30(2,42-24(18)13-25(20)41-17)9-6-19-14-32-29(39)31(19)7-4-3-5-8-31/h10-11,13,19,22-23,26-28,33,35-38H,3-9,12,14-16H2,1-2H3,(H,32,39)/t19-,22-,23+,26-,27-,28-,30-/m1/s1. The van der Waals surface area contributed by atoms with Crippen LogP contribution < -0.4 is 15.5 Å². The number of benzene rings is 1. The van der Waals surface area contributed by atoms with Crippen molar-refractivity contribution in [1.82, 2.24) is 5.32 Å². The molecule has 238 valence electrons. The molecule has 1 amide bonds. The van der Waals surface area contributed by atoms with Crippen molar-refractivity contribution in [3.05, 3.63) is 39.7 Å². The van der Waals surface area contributed by atoms with E-state index in [9.17, 15) is 30.0 Å². The zero-order valence-electron chi connectivity index (χ0n) is 24.7. The van der Waals surface area contributed by atoms with Crippen molar-refractivity contribution >= 4 is 16.9 Å². The Morgan fingerprint density at radius 1 is 1.05 bits per heavy atom. The highest BCUT2D eigenvalue weighted by Crippen LogP contribution is 2.49. The van der Waals surface area contributed by atoms with Crippen molar-refractivity contribution < 1.29 is 49.3 Å². The van der Waals surface area contributed by atoms with Crippen molar-refractivity contribution in [3.63, 3.8) is 0 Å². The smallest absolute Gasteiger partial charge is 0.226 e. The zero-order valence-corrected chi connectivity index (χ0v) is 24.7. The van der Waals surface area contributed by atoms with Crippen LogP contribution in [0.25, 0.3) is 11.0 Å². The molecule has 43 heavy (non-hydrogen) atoms. The Hall–Kier alpha value is -2.58. The molecular formula is C31H43NO11. The van der Waals surface area contributed by atoms with Crippen molar-refractivity contribution in [2.75, 3.05) is 19.8 Å². The Labute approximate surface area is 249 Å². The first-order chi connectivity index (χ1) is 20.5. The van der Waals surface area contributed by atoms with Crippen LogP contribution in [0.4, 0.5) is 0 Å². The van der Waals surface area contributed by atoms with E-state index in [2.05, 4.69) is 5.32 Å². The molecule has 2 fully saturated rings. The van der Waals surface area contributed by atoms with Gasteiger partial charge in [-0.1, -0.05) is 19.3 Å². The Kier molecular flexibility index (Phi) is 9.48. The number of aliphatic hydroxyl groups is 5. The Bertz CT molecular complexity index is 1360. The van der Waals surface area contributed by atoms with Crippen LogP contribution in [-0.2, 0) is 21.0 Å². The van der Waals surface area contributed by atoms with Gasteiger partial charge in [-0.2, -0.15) is 0 Å². The number of ether oxygens (including phenoxy) is 1. The third kappa shape index (κ3) is 6.32. The van der Waals surface area contributed by atoms with Crippen LogP contribution in [0.3, 0.4) is 0 Å². The van der Waals surface area contributed by atoms with Crippen LogP contribution in [0.15, 0.2) is 27.4 Å². The summed E-state index contributed by atoms with van der Waals surface area (Å²) in [6, 6.07) is 4.85. The molecule has 12 heteroatoms. The first-order valence-corrected chi connectivity index (χ1v) is 15.1. The third-order valence-electron chi connectivity index (χ3n) is 9.69. The largest absolute Gasteiger partial charge is 0.484 e. The van der Waals surface area contributed by atoms with E-state index >= 15 is 0 Å². The lowest BCUT2D eigenvalue weighted by molar-refractivity contribution is -0.360. The van der Waals surface area contributed by atoms with E-state index in [1.807, 2.05) is 6.92 Å². The summed E-state index contributed by atoms with van der Waals surface area (Å²) >= 11 is 0. The Balaban J connectivity index is 1.36. The molecule has 2 aromatic rings. The first-order valence-electron chi connectivity index (χ1n) is 15.1. The second kappa shape index (κ2) is 12.8. The summed E-state index contributed by atoms with van der Waals surface area (Å²) in [5.41, 5.74) is -0.374. The molecule has 0 radical (unpaired) electrons. The molecule has 1 spiro atoms. The van der Waals surface area contributed by atoms with E-state index < -0.39 is 49.3 Å². The number of aryl methyl sites for hydroxylation is 1. The number of carbonyl (C=O) groups excluding carboxylic acids is 1. The van der Waals surface area contributed by atoms with Gasteiger partial charge in [-0.15, -0.1) is 0 Å². The van der Waals surface area contributed by atoms with Gasteiger partial charge in [0, 0.05) is 25.1 Å². The normalized spacial score (nSPS) is 27.7. The molecule has 0 unspecified atom stereocenters. The van der Waals surface area contributed by atoms with Gasteiger partial charge in [0.2, 0.25) is 5.91 Å². The minimum absolute atomic E-state index is 0.131. The Morgan fingerprint density at radius 2 is 1.77 bits per heavy atom. The second-order valence-corrected chi connectivity index (χ2v) is 12.6. The number of hydrogen-bond acceptors (Lipinski definition) is 11. The van der Waals surface area contributed by atoms with Gasteiger partial charge >= 0.3 is 0 Å². The van der Waals surface area contributed by atoms with Crippen LogP contribution in [0.1, 0.15) is 63.2 Å². The van der Waals surface area contributed by atoms with Gasteiger partial charge in [-0.05, 0) is 57.1 Å². The number of hydrogen-bond donors (Lipinski definition) is 6. The molecule has 1 aliphatic carbocycles. The molecule has 3 heterocycles. The van der Waals surface area contributed by atoms with E-state index in [1.54, 1.807) is 19.1 Å². The van der Waals surface area contributed by atoms with Crippen LogP contribution in [0.2, 0.25) is 0 Å². The molecule has 12 nitrogen and oxygen atoms in total. The van der Waals surface area contributed by atoms with Crippen LogP contribution in [0.5, 0.6) is 5.75 Å². The fourth-order valence-electron chi connectivity index (χ4n) is 6.97. The van der Waals surface area contributed by atoms with E-state index in [0.717, 1.165) is 32.1 Å². The van der Waals surface area contributed by atoms with Crippen LogP contribution >= 0.6 is 0 Å². The van der Waals surface area contributed by atoms with Gasteiger partial charge in [0.05, 0.1) is 17.4 Å². The number of fused-ring (bicyclic) bond motifs is 2. The maximum atomic E-state index is 13.0. The maximum absolute atomic E-state index is 13.0. The molecule has 0 bridgehead atoms. The van der Waals surface area contributed by atoms with Crippen molar-refractivity contribution in [2.45, 2.75) is 101 Å². The van der Waals surface area contributed by atoms with E-state index in [0.29, 0.717) is 53.8 Å². The van der Waals surface area contributed by atoms with Crippen LogP contribution in [0, 0.1) is 18.3 Å². The van der Waals surface area contributed by atoms with Gasteiger partial charge in [-0.3, -0.25) is 9.59 Å². The second-order valence-electron chi connectivity index (χ2n) is 12.6. The minimum Gasteiger partial charge on any atom is -0.484 e. The minimum atomic E-state index is -1.80. The SMILES string of the molecule is Cc1cc(=O)c2cc3c(cc2o1)O[C@](C)(CC[C@@H]1CNC(=O)C12CCCCC2)[C@H](OOC[C@H](O)[C@@H](O)[C@H](O)[C@H](O)CO)C3. The summed E-state index contributed by atoms with van der Waals surface area (Å²) in [4.78, 5) is 36.8. The van der Waals surface area contributed by atoms with E-state index in [-0.39, 0.29) is 22.7 Å². The van der Waals surface area contributed by atoms with Crippen molar-refractivity contribution in [1.29, 1.82) is 0 Å². The summed E-state index contributed by atoms with van der Waals surface area (Å²) in [5.74, 6) is 1.30. The molecule has 5 rings (SSSR count). The zero-order chi connectivity index (χ0) is 30.9. The molecular weight excluding hydrogens is 562 g/mol. The molecule has 3 aliphatic rings. The number of aliphatic hydroxyl groups excluding tert-OH is 5. The number of carbonyl (C=O) groups is 1. The third-order valence-corrected chi connectivity index (χ3v) is 9.69. The highest BCUT2D eigenvalue weighted by molar-refractivity contribution is 5.85. The number of amides is 1. The predicted molar refractivity (Wildman–Crippen MR) is 153 cm³/mol. The molecule has 1 saturated carbocycles. The van der Waals surface area contributed by atoms with Crippen LogP contribution in [-0.4, -0.2) is 87.3 Å². The maximum Gasteiger partial charge on any atom is 0.226 e.